The first-order valence-corrected chi connectivity index (χ1v) is 10.6. The molecule has 154 valence electrons. The minimum absolute atomic E-state index is 0.0682. The van der Waals surface area contributed by atoms with Gasteiger partial charge in [0.2, 0.25) is 0 Å². The molecule has 0 amide bonds. The molecule has 0 saturated carbocycles. The number of ether oxygens (including phenoxy) is 3. The largest absolute Gasteiger partial charge is 0.497 e. The molecular formula is C21H23ClN2O4S. The monoisotopic (exact) mass is 434 g/mol. The standard InChI is InChI=1S/C21H23ClN2O4S/c1-26-11-3-10-24-20(25)18-9-4-15(22)14-19(18)23-21(24)29-13-12-28-17-7-5-16(27-2)6-8-17/h4-9,14H,3,10-13H2,1-2H3. The van der Waals surface area contributed by atoms with Crippen molar-refractivity contribution in [3.05, 3.63) is 57.8 Å². The quantitative estimate of drug-likeness (QED) is 0.270. The molecule has 0 radical (unpaired) electrons. The third-order valence-corrected chi connectivity index (χ3v) is 5.43. The van der Waals surface area contributed by atoms with Crippen LogP contribution in [0.3, 0.4) is 0 Å². The number of benzene rings is 2. The third kappa shape index (κ3) is 5.65. The van der Waals surface area contributed by atoms with Gasteiger partial charge in [-0.25, -0.2) is 4.98 Å². The maximum Gasteiger partial charge on any atom is 0.262 e. The highest BCUT2D eigenvalue weighted by atomic mass is 35.5. The van der Waals surface area contributed by atoms with Crippen LogP contribution in [-0.4, -0.2) is 42.7 Å². The Labute approximate surface area is 178 Å². The molecule has 0 bridgehead atoms. The Bertz CT molecular complexity index is 1010. The minimum atomic E-state index is -0.0682. The number of thioether (sulfide) groups is 1. The lowest BCUT2D eigenvalue weighted by Crippen LogP contribution is -2.24. The van der Waals surface area contributed by atoms with Crippen LogP contribution in [0.1, 0.15) is 6.42 Å². The molecule has 0 N–H and O–H groups in total. The highest BCUT2D eigenvalue weighted by molar-refractivity contribution is 7.99. The minimum Gasteiger partial charge on any atom is -0.497 e. The van der Waals surface area contributed by atoms with Gasteiger partial charge >= 0.3 is 0 Å². The molecule has 1 heterocycles. The maximum atomic E-state index is 13.0. The Hall–Kier alpha value is -2.22. The zero-order valence-electron chi connectivity index (χ0n) is 16.4. The van der Waals surface area contributed by atoms with Crippen LogP contribution in [0.15, 0.2) is 52.4 Å². The van der Waals surface area contributed by atoms with E-state index in [1.165, 1.54) is 11.8 Å². The van der Waals surface area contributed by atoms with E-state index in [1.54, 1.807) is 37.0 Å². The van der Waals surface area contributed by atoms with E-state index in [0.717, 1.165) is 17.9 Å². The lowest BCUT2D eigenvalue weighted by molar-refractivity contribution is 0.189. The molecule has 8 heteroatoms. The topological polar surface area (TPSA) is 62.6 Å². The predicted octanol–water partition coefficient (Wildman–Crippen LogP) is 4.27. The summed E-state index contributed by atoms with van der Waals surface area (Å²) < 4.78 is 17.7. The van der Waals surface area contributed by atoms with Gasteiger partial charge in [-0.15, -0.1) is 0 Å². The summed E-state index contributed by atoms with van der Waals surface area (Å²) in [4.78, 5) is 17.6. The van der Waals surface area contributed by atoms with E-state index >= 15 is 0 Å². The van der Waals surface area contributed by atoms with Gasteiger partial charge in [0.05, 0.1) is 24.6 Å². The molecular weight excluding hydrogens is 412 g/mol. The summed E-state index contributed by atoms with van der Waals surface area (Å²) in [5.74, 6) is 2.20. The van der Waals surface area contributed by atoms with Crippen molar-refractivity contribution in [1.82, 2.24) is 9.55 Å². The lowest BCUT2D eigenvalue weighted by atomic mass is 10.2. The van der Waals surface area contributed by atoms with Gasteiger partial charge < -0.3 is 14.2 Å². The zero-order chi connectivity index (χ0) is 20.6. The number of halogens is 1. The van der Waals surface area contributed by atoms with Crippen molar-refractivity contribution in [3.8, 4) is 11.5 Å². The van der Waals surface area contributed by atoms with Crippen molar-refractivity contribution in [3.63, 3.8) is 0 Å². The fourth-order valence-electron chi connectivity index (χ4n) is 2.81. The molecule has 0 spiro atoms. The van der Waals surface area contributed by atoms with E-state index < -0.39 is 0 Å². The Morgan fingerprint density at radius 3 is 2.55 bits per heavy atom. The van der Waals surface area contributed by atoms with Gasteiger partial charge in [-0.3, -0.25) is 9.36 Å². The first kappa shape index (κ1) is 21.5. The van der Waals surface area contributed by atoms with E-state index in [-0.39, 0.29) is 5.56 Å². The van der Waals surface area contributed by atoms with E-state index in [9.17, 15) is 4.79 Å². The Balaban J connectivity index is 1.73. The molecule has 6 nitrogen and oxygen atoms in total. The molecule has 0 aliphatic carbocycles. The molecule has 0 unspecified atom stereocenters. The number of rotatable bonds is 10. The fourth-order valence-corrected chi connectivity index (χ4v) is 3.82. The SMILES string of the molecule is COCCCn1c(SCCOc2ccc(OC)cc2)nc2cc(Cl)ccc2c1=O. The average molecular weight is 435 g/mol. The second-order valence-electron chi connectivity index (χ2n) is 6.23. The molecule has 0 atom stereocenters. The number of fused-ring (bicyclic) bond motifs is 1. The van der Waals surface area contributed by atoms with E-state index in [2.05, 4.69) is 4.98 Å². The molecule has 1 aromatic heterocycles. The Kier molecular flexibility index (Phi) is 7.80. The Morgan fingerprint density at radius 2 is 1.83 bits per heavy atom. The molecule has 3 rings (SSSR count). The normalized spacial score (nSPS) is 11.0. The number of aromatic nitrogens is 2. The van der Waals surface area contributed by atoms with E-state index in [4.69, 9.17) is 25.8 Å². The summed E-state index contributed by atoms with van der Waals surface area (Å²) in [5.41, 5.74) is 0.533. The summed E-state index contributed by atoms with van der Waals surface area (Å²) in [5, 5.41) is 1.77. The van der Waals surface area contributed by atoms with E-state index in [0.29, 0.717) is 46.6 Å². The molecule has 0 aliphatic rings. The van der Waals surface area contributed by atoms with Gasteiger partial charge in [-0.1, -0.05) is 23.4 Å². The molecule has 0 fully saturated rings. The first-order chi connectivity index (χ1) is 14.1. The van der Waals surface area contributed by atoms with Crippen molar-refractivity contribution in [2.75, 3.05) is 33.2 Å². The van der Waals surface area contributed by atoms with Crippen molar-refractivity contribution >= 4 is 34.3 Å². The second kappa shape index (κ2) is 10.5. The maximum absolute atomic E-state index is 13.0. The zero-order valence-corrected chi connectivity index (χ0v) is 18.0. The number of hydrogen-bond donors (Lipinski definition) is 0. The van der Waals surface area contributed by atoms with Crippen LogP contribution in [0.25, 0.3) is 10.9 Å². The second-order valence-corrected chi connectivity index (χ2v) is 7.73. The van der Waals surface area contributed by atoms with Crippen LogP contribution in [0.2, 0.25) is 5.02 Å². The summed E-state index contributed by atoms with van der Waals surface area (Å²) in [6.07, 6.45) is 0.729. The molecule has 29 heavy (non-hydrogen) atoms. The van der Waals surface area contributed by atoms with Crippen LogP contribution in [0.5, 0.6) is 11.5 Å². The summed E-state index contributed by atoms with van der Waals surface area (Å²) >= 11 is 7.57. The third-order valence-electron chi connectivity index (χ3n) is 4.26. The van der Waals surface area contributed by atoms with Gasteiger partial charge in [0.25, 0.3) is 5.56 Å². The van der Waals surface area contributed by atoms with Crippen molar-refractivity contribution in [1.29, 1.82) is 0 Å². The fraction of sp³-hybridized carbons (Fsp3) is 0.333. The molecule has 0 saturated heterocycles. The molecule has 3 aromatic rings. The van der Waals surface area contributed by atoms with Crippen LogP contribution < -0.4 is 15.0 Å². The van der Waals surface area contributed by atoms with Crippen molar-refractivity contribution in [2.45, 2.75) is 18.1 Å². The van der Waals surface area contributed by atoms with Crippen LogP contribution in [0.4, 0.5) is 0 Å². The van der Waals surface area contributed by atoms with Crippen molar-refractivity contribution < 1.29 is 14.2 Å². The van der Waals surface area contributed by atoms with Crippen LogP contribution in [0, 0.1) is 0 Å². The Morgan fingerprint density at radius 1 is 1.07 bits per heavy atom. The van der Waals surface area contributed by atoms with Crippen molar-refractivity contribution in [2.24, 2.45) is 0 Å². The van der Waals surface area contributed by atoms with Gasteiger partial charge in [-0.05, 0) is 48.9 Å². The van der Waals surface area contributed by atoms with Gasteiger partial charge in [0.1, 0.15) is 11.5 Å². The highest BCUT2D eigenvalue weighted by Gasteiger charge is 2.12. The van der Waals surface area contributed by atoms with Gasteiger partial charge in [0.15, 0.2) is 5.16 Å². The van der Waals surface area contributed by atoms with Crippen LogP contribution in [-0.2, 0) is 11.3 Å². The first-order valence-electron chi connectivity index (χ1n) is 9.21. The summed E-state index contributed by atoms with van der Waals surface area (Å²) in [6.45, 7) is 1.61. The molecule has 0 aliphatic heterocycles. The number of hydrogen-bond acceptors (Lipinski definition) is 6. The van der Waals surface area contributed by atoms with Crippen LogP contribution >= 0.6 is 23.4 Å². The van der Waals surface area contributed by atoms with Gasteiger partial charge in [-0.2, -0.15) is 0 Å². The molecule has 2 aromatic carbocycles. The number of nitrogens with zero attached hydrogens (tertiary/aromatic N) is 2. The van der Waals surface area contributed by atoms with E-state index in [1.807, 2.05) is 24.3 Å². The predicted molar refractivity (Wildman–Crippen MR) is 117 cm³/mol. The number of methoxy groups -OCH3 is 2. The summed E-state index contributed by atoms with van der Waals surface area (Å²) in [6, 6.07) is 12.6. The average Bonchev–Trinajstić information content (AvgIpc) is 2.73. The highest BCUT2D eigenvalue weighted by Crippen LogP contribution is 2.22. The summed E-state index contributed by atoms with van der Waals surface area (Å²) in [7, 11) is 3.28. The van der Waals surface area contributed by atoms with Gasteiger partial charge in [0, 0.05) is 31.0 Å². The smallest absolute Gasteiger partial charge is 0.262 e. The lowest BCUT2D eigenvalue weighted by Gasteiger charge is -2.13.